The molecule has 1 rings (SSSR count). The van der Waals surface area contributed by atoms with Gasteiger partial charge in [0.15, 0.2) is 0 Å². The lowest BCUT2D eigenvalue weighted by atomic mass is 9.99. The number of allylic oxidation sites excluding steroid dienone is 5. The molecule has 0 aromatic carbocycles. The highest BCUT2D eigenvalue weighted by molar-refractivity contribution is 5.33. The van der Waals surface area contributed by atoms with Gasteiger partial charge in [-0.15, -0.1) is 0 Å². The maximum Gasteiger partial charge on any atom is 0.0397 e. The third-order valence-electron chi connectivity index (χ3n) is 3.30. The normalized spacial score (nSPS) is 23.7. The topological polar surface area (TPSA) is 3.24 Å². The minimum absolute atomic E-state index is 0.583. The molecular weight excluding hydrogens is 206 g/mol. The summed E-state index contributed by atoms with van der Waals surface area (Å²) in [5.41, 5.74) is 2.93. The standard InChI is InChI=1S/C16H27N/c1-5-10-15-12-8-7-9-13-17(14(3)4)16(15)11-6-2/h5-6,10-11,14H,7-9,12-13H2,1-4H3/b10-5-,11-6-,16-15-. The second-order valence-corrected chi connectivity index (χ2v) is 5.01. The van der Waals surface area contributed by atoms with E-state index in [0.29, 0.717) is 6.04 Å². The van der Waals surface area contributed by atoms with Crippen molar-refractivity contribution in [2.45, 2.75) is 59.4 Å². The zero-order valence-electron chi connectivity index (χ0n) is 11.9. The Morgan fingerprint density at radius 2 is 1.71 bits per heavy atom. The molecule has 0 aromatic heterocycles. The number of hydrogen-bond donors (Lipinski definition) is 0. The van der Waals surface area contributed by atoms with Crippen LogP contribution >= 0.6 is 0 Å². The Morgan fingerprint density at radius 1 is 1.00 bits per heavy atom. The third kappa shape index (κ3) is 4.07. The molecule has 0 saturated heterocycles. The van der Waals surface area contributed by atoms with E-state index in [1.807, 2.05) is 0 Å². The van der Waals surface area contributed by atoms with Crippen LogP contribution in [0.4, 0.5) is 0 Å². The molecule has 1 heterocycles. The second kappa shape index (κ2) is 7.37. The van der Waals surface area contributed by atoms with Crippen LogP contribution in [0.3, 0.4) is 0 Å². The molecule has 0 aromatic rings. The summed E-state index contributed by atoms with van der Waals surface area (Å²) in [6.07, 6.45) is 14.1. The van der Waals surface area contributed by atoms with Gasteiger partial charge in [0.2, 0.25) is 0 Å². The van der Waals surface area contributed by atoms with Crippen molar-refractivity contribution in [3.8, 4) is 0 Å². The van der Waals surface area contributed by atoms with E-state index < -0.39 is 0 Å². The van der Waals surface area contributed by atoms with Gasteiger partial charge < -0.3 is 4.90 Å². The SMILES string of the molecule is C\C=C/C1=C(\C=C/C)N(C(C)C)CCCCC1. The summed E-state index contributed by atoms with van der Waals surface area (Å²) < 4.78 is 0. The maximum absolute atomic E-state index is 2.55. The summed E-state index contributed by atoms with van der Waals surface area (Å²) >= 11 is 0. The Kier molecular flexibility index (Phi) is 6.10. The van der Waals surface area contributed by atoms with Gasteiger partial charge >= 0.3 is 0 Å². The molecule has 0 bridgehead atoms. The first-order valence-corrected chi connectivity index (χ1v) is 6.96. The number of nitrogens with zero attached hydrogens (tertiary/aromatic N) is 1. The monoisotopic (exact) mass is 233 g/mol. The Bertz CT molecular complexity index is 307. The molecule has 1 nitrogen and oxygen atoms in total. The highest BCUT2D eigenvalue weighted by Gasteiger charge is 2.16. The predicted molar refractivity (Wildman–Crippen MR) is 77.0 cm³/mol. The van der Waals surface area contributed by atoms with Crippen LogP contribution in [0.5, 0.6) is 0 Å². The van der Waals surface area contributed by atoms with E-state index in [2.05, 4.69) is 56.9 Å². The molecular formula is C16H27N. The summed E-state index contributed by atoms with van der Waals surface area (Å²) in [7, 11) is 0. The molecule has 0 saturated carbocycles. The van der Waals surface area contributed by atoms with Gasteiger partial charge in [0.1, 0.15) is 0 Å². The fraction of sp³-hybridized carbons (Fsp3) is 0.625. The van der Waals surface area contributed by atoms with Gasteiger partial charge in [0.25, 0.3) is 0 Å². The van der Waals surface area contributed by atoms with Gasteiger partial charge in [-0.3, -0.25) is 0 Å². The molecule has 1 aliphatic heterocycles. The first kappa shape index (κ1) is 14.1. The lowest BCUT2D eigenvalue weighted by Crippen LogP contribution is -2.32. The van der Waals surface area contributed by atoms with E-state index in [1.165, 1.54) is 43.5 Å². The van der Waals surface area contributed by atoms with Crippen LogP contribution < -0.4 is 0 Å². The summed E-state index contributed by atoms with van der Waals surface area (Å²) in [4.78, 5) is 2.55. The van der Waals surface area contributed by atoms with Crippen LogP contribution in [0, 0.1) is 0 Å². The predicted octanol–water partition coefficient (Wildman–Crippen LogP) is 4.68. The Balaban J connectivity index is 3.13. The molecule has 17 heavy (non-hydrogen) atoms. The van der Waals surface area contributed by atoms with E-state index in [1.54, 1.807) is 0 Å². The van der Waals surface area contributed by atoms with E-state index in [9.17, 15) is 0 Å². The Labute approximate surface area is 107 Å². The first-order valence-electron chi connectivity index (χ1n) is 6.96. The highest BCUT2D eigenvalue weighted by atomic mass is 15.2. The molecule has 0 aliphatic carbocycles. The second-order valence-electron chi connectivity index (χ2n) is 5.01. The molecule has 0 atom stereocenters. The molecule has 0 radical (unpaired) electrons. The lowest BCUT2D eigenvalue weighted by molar-refractivity contribution is 0.277. The fourth-order valence-electron chi connectivity index (χ4n) is 2.47. The number of rotatable bonds is 3. The lowest BCUT2D eigenvalue weighted by Gasteiger charge is -2.33. The van der Waals surface area contributed by atoms with Crippen LogP contribution in [-0.2, 0) is 0 Å². The van der Waals surface area contributed by atoms with Crippen molar-refractivity contribution >= 4 is 0 Å². The van der Waals surface area contributed by atoms with Gasteiger partial charge in [0.05, 0.1) is 0 Å². The summed E-state index contributed by atoms with van der Waals surface area (Å²) in [6.45, 7) is 9.99. The minimum atomic E-state index is 0.583. The van der Waals surface area contributed by atoms with Gasteiger partial charge in [-0.2, -0.15) is 0 Å². The Hall–Kier alpha value is -0.980. The van der Waals surface area contributed by atoms with Gasteiger partial charge in [0, 0.05) is 18.3 Å². The summed E-state index contributed by atoms with van der Waals surface area (Å²) in [5, 5.41) is 0. The van der Waals surface area contributed by atoms with Gasteiger partial charge in [-0.25, -0.2) is 0 Å². The van der Waals surface area contributed by atoms with Crippen LogP contribution in [0.25, 0.3) is 0 Å². The van der Waals surface area contributed by atoms with Crippen molar-refractivity contribution in [2.24, 2.45) is 0 Å². The fourth-order valence-corrected chi connectivity index (χ4v) is 2.47. The molecule has 1 aliphatic rings. The first-order chi connectivity index (χ1) is 8.20. The molecule has 1 heteroatoms. The van der Waals surface area contributed by atoms with Crippen LogP contribution in [0.2, 0.25) is 0 Å². The van der Waals surface area contributed by atoms with Gasteiger partial charge in [-0.05, 0) is 58.6 Å². The average Bonchev–Trinajstić information content (AvgIpc) is 2.27. The molecule has 0 unspecified atom stereocenters. The summed E-state index contributed by atoms with van der Waals surface area (Å²) in [6, 6.07) is 0.583. The quantitative estimate of drug-likeness (QED) is 0.684. The molecule has 0 spiro atoms. The minimum Gasteiger partial charge on any atom is -0.369 e. The van der Waals surface area contributed by atoms with Crippen LogP contribution in [-0.4, -0.2) is 17.5 Å². The van der Waals surface area contributed by atoms with Crippen LogP contribution in [0.1, 0.15) is 53.4 Å². The highest BCUT2D eigenvalue weighted by Crippen LogP contribution is 2.25. The molecule has 0 fully saturated rings. The van der Waals surface area contributed by atoms with Crippen molar-refractivity contribution < 1.29 is 0 Å². The molecule has 0 N–H and O–H groups in total. The van der Waals surface area contributed by atoms with Crippen LogP contribution in [0.15, 0.2) is 35.6 Å². The largest absolute Gasteiger partial charge is 0.369 e. The number of hydrogen-bond acceptors (Lipinski definition) is 1. The third-order valence-corrected chi connectivity index (χ3v) is 3.30. The molecule has 96 valence electrons. The van der Waals surface area contributed by atoms with Crippen molar-refractivity contribution in [1.29, 1.82) is 0 Å². The zero-order valence-corrected chi connectivity index (χ0v) is 11.9. The zero-order chi connectivity index (χ0) is 12.7. The average molecular weight is 233 g/mol. The van der Waals surface area contributed by atoms with E-state index >= 15 is 0 Å². The van der Waals surface area contributed by atoms with Gasteiger partial charge in [-0.1, -0.05) is 24.6 Å². The van der Waals surface area contributed by atoms with Crippen molar-refractivity contribution in [3.63, 3.8) is 0 Å². The van der Waals surface area contributed by atoms with E-state index in [4.69, 9.17) is 0 Å². The Morgan fingerprint density at radius 3 is 2.29 bits per heavy atom. The van der Waals surface area contributed by atoms with E-state index in [0.717, 1.165) is 0 Å². The van der Waals surface area contributed by atoms with Crippen molar-refractivity contribution in [3.05, 3.63) is 35.6 Å². The maximum atomic E-state index is 2.55. The van der Waals surface area contributed by atoms with Crippen molar-refractivity contribution in [2.75, 3.05) is 6.54 Å². The summed E-state index contributed by atoms with van der Waals surface area (Å²) in [5.74, 6) is 0. The smallest absolute Gasteiger partial charge is 0.0397 e. The van der Waals surface area contributed by atoms with Crippen molar-refractivity contribution in [1.82, 2.24) is 4.90 Å². The molecule has 0 amide bonds. The van der Waals surface area contributed by atoms with E-state index in [-0.39, 0.29) is 0 Å².